The van der Waals surface area contributed by atoms with Gasteiger partial charge in [-0.25, -0.2) is 4.98 Å². The van der Waals surface area contributed by atoms with Gasteiger partial charge in [-0.05, 0) is 48.7 Å². The molecule has 7 heteroatoms. The molecular formula is C29H27N3O3S. The maximum atomic E-state index is 13.1. The molecular weight excluding hydrogens is 470 g/mol. The van der Waals surface area contributed by atoms with Crippen molar-refractivity contribution in [2.45, 2.75) is 32.8 Å². The van der Waals surface area contributed by atoms with Gasteiger partial charge in [-0.15, -0.1) is 11.3 Å². The van der Waals surface area contributed by atoms with Gasteiger partial charge in [-0.3, -0.25) is 14.5 Å². The third-order valence-corrected chi connectivity index (χ3v) is 7.04. The molecule has 0 radical (unpaired) electrons. The lowest BCUT2D eigenvalue weighted by atomic mass is 10.1. The molecule has 2 amide bonds. The lowest BCUT2D eigenvalue weighted by molar-refractivity contribution is -0.127. The van der Waals surface area contributed by atoms with Crippen LogP contribution in [0.3, 0.4) is 0 Å². The lowest BCUT2D eigenvalue weighted by Gasteiger charge is -2.33. The second kappa shape index (κ2) is 10.3. The van der Waals surface area contributed by atoms with E-state index in [4.69, 9.17) is 9.72 Å². The van der Waals surface area contributed by atoms with Crippen LogP contribution in [0.25, 0.3) is 11.3 Å². The predicted octanol–water partition coefficient (Wildman–Crippen LogP) is 5.72. The zero-order chi connectivity index (χ0) is 25.1. The molecule has 1 atom stereocenters. The third kappa shape index (κ3) is 5.02. The van der Waals surface area contributed by atoms with E-state index in [2.05, 4.69) is 17.4 Å². The molecule has 1 aliphatic rings. The molecule has 0 bridgehead atoms. The van der Waals surface area contributed by atoms with Gasteiger partial charge in [0, 0.05) is 23.1 Å². The molecule has 0 fully saturated rings. The number of aromatic nitrogens is 1. The van der Waals surface area contributed by atoms with Crippen LogP contribution in [0.4, 0.5) is 11.4 Å². The highest BCUT2D eigenvalue weighted by molar-refractivity contribution is 7.10. The first-order valence-corrected chi connectivity index (χ1v) is 12.9. The normalized spacial score (nSPS) is 14.8. The van der Waals surface area contributed by atoms with Crippen molar-refractivity contribution in [3.8, 4) is 17.0 Å². The Morgan fingerprint density at radius 1 is 1.08 bits per heavy atom. The summed E-state index contributed by atoms with van der Waals surface area (Å²) >= 11 is 1.61. The topological polar surface area (TPSA) is 71.5 Å². The number of para-hydroxylation sites is 1. The number of anilines is 2. The second-order valence-corrected chi connectivity index (χ2v) is 9.66. The smallest absolute Gasteiger partial charge is 0.268 e. The fourth-order valence-electron chi connectivity index (χ4n) is 4.31. The number of thiazole rings is 1. The van der Waals surface area contributed by atoms with Gasteiger partial charge >= 0.3 is 0 Å². The first kappa shape index (κ1) is 23.8. The van der Waals surface area contributed by atoms with Gasteiger partial charge < -0.3 is 10.1 Å². The van der Waals surface area contributed by atoms with Gasteiger partial charge in [0.1, 0.15) is 12.3 Å². The summed E-state index contributed by atoms with van der Waals surface area (Å²) in [5, 5.41) is 6.00. The highest BCUT2D eigenvalue weighted by Gasteiger charge is 2.33. The number of rotatable bonds is 7. The minimum absolute atomic E-state index is 0.0998. The van der Waals surface area contributed by atoms with Gasteiger partial charge in [0.2, 0.25) is 5.91 Å². The van der Waals surface area contributed by atoms with E-state index in [1.54, 1.807) is 18.3 Å². The van der Waals surface area contributed by atoms with Crippen LogP contribution in [0.1, 0.15) is 30.0 Å². The second-order valence-electron chi connectivity index (χ2n) is 8.71. The number of nitrogens with zero attached hydrogens (tertiary/aromatic N) is 2. The average Bonchev–Trinajstić information content (AvgIpc) is 3.36. The van der Waals surface area contributed by atoms with Crippen LogP contribution in [0.5, 0.6) is 5.75 Å². The van der Waals surface area contributed by atoms with Gasteiger partial charge in [-0.1, -0.05) is 55.5 Å². The number of carbonyl (C=O) groups is 2. The molecule has 6 nitrogen and oxygen atoms in total. The van der Waals surface area contributed by atoms with Crippen molar-refractivity contribution in [2.24, 2.45) is 0 Å². The van der Waals surface area contributed by atoms with Crippen molar-refractivity contribution in [3.63, 3.8) is 0 Å². The van der Waals surface area contributed by atoms with E-state index in [1.807, 2.05) is 73.0 Å². The summed E-state index contributed by atoms with van der Waals surface area (Å²) in [6, 6.07) is 23.6. The monoisotopic (exact) mass is 497 g/mol. The van der Waals surface area contributed by atoms with Gasteiger partial charge in [0.25, 0.3) is 5.91 Å². The SMILES string of the molecule is CCc1ccccc1NC(=O)CN1C(=O)C(C)Oc2ccc(-c3csc(Cc4ccccc4)n3)cc21. The number of hydrogen-bond acceptors (Lipinski definition) is 5. The molecule has 1 aliphatic heterocycles. The Morgan fingerprint density at radius 3 is 2.67 bits per heavy atom. The molecule has 5 rings (SSSR count). The van der Waals surface area contributed by atoms with Crippen molar-refractivity contribution < 1.29 is 14.3 Å². The number of benzene rings is 3. The summed E-state index contributed by atoms with van der Waals surface area (Å²) < 4.78 is 5.85. The predicted molar refractivity (Wildman–Crippen MR) is 144 cm³/mol. The van der Waals surface area contributed by atoms with Crippen LogP contribution in [-0.2, 0) is 22.4 Å². The van der Waals surface area contributed by atoms with E-state index in [0.29, 0.717) is 11.4 Å². The highest BCUT2D eigenvalue weighted by Crippen LogP contribution is 2.38. The number of aryl methyl sites for hydroxylation is 1. The molecule has 2 heterocycles. The summed E-state index contributed by atoms with van der Waals surface area (Å²) in [5.41, 5.74) is 5.30. The standard InChI is InChI=1S/C29H27N3O3S/c1-3-21-11-7-8-12-23(21)30-27(33)17-32-25-16-22(13-14-26(25)35-19(2)29(32)34)24-18-36-28(31-24)15-20-9-5-4-6-10-20/h4-14,16,18-19H,3,15,17H2,1-2H3,(H,30,33). The summed E-state index contributed by atoms with van der Waals surface area (Å²) in [6.07, 6.45) is 0.896. The Bertz CT molecular complexity index is 1400. The molecule has 0 saturated heterocycles. The van der Waals surface area contributed by atoms with Crippen molar-refractivity contribution in [1.82, 2.24) is 4.98 Å². The molecule has 0 spiro atoms. The Hall–Kier alpha value is -3.97. The Kier molecular flexibility index (Phi) is 6.82. The summed E-state index contributed by atoms with van der Waals surface area (Å²) in [6.45, 7) is 3.64. The molecule has 36 heavy (non-hydrogen) atoms. The molecule has 0 saturated carbocycles. The summed E-state index contributed by atoms with van der Waals surface area (Å²) in [7, 11) is 0. The molecule has 4 aromatic rings. The first-order chi connectivity index (χ1) is 17.5. The van der Waals surface area contributed by atoms with Gasteiger partial charge in [-0.2, -0.15) is 0 Å². The van der Waals surface area contributed by atoms with Crippen molar-refractivity contribution >= 4 is 34.5 Å². The van der Waals surface area contributed by atoms with E-state index < -0.39 is 6.10 Å². The molecule has 1 N–H and O–H groups in total. The van der Waals surface area contributed by atoms with Gasteiger partial charge in [0.15, 0.2) is 6.10 Å². The van der Waals surface area contributed by atoms with Crippen LogP contribution in [0.15, 0.2) is 78.2 Å². The maximum absolute atomic E-state index is 13.1. The van der Waals surface area contributed by atoms with E-state index in [-0.39, 0.29) is 18.4 Å². The number of fused-ring (bicyclic) bond motifs is 1. The molecule has 182 valence electrons. The number of ether oxygens (including phenoxy) is 1. The van der Waals surface area contributed by atoms with E-state index in [0.717, 1.165) is 40.4 Å². The van der Waals surface area contributed by atoms with E-state index in [9.17, 15) is 9.59 Å². The summed E-state index contributed by atoms with van der Waals surface area (Å²) in [4.78, 5) is 32.4. The number of nitrogens with one attached hydrogen (secondary N) is 1. The van der Waals surface area contributed by atoms with E-state index >= 15 is 0 Å². The lowest BCUT2D eigenvalue weighted by Crippen LogP contribution is -2.47. The quantitative estimate of drug-likeness (QED) is 0.355. The maximum Gasteiger partial charge on any atom is 0.268 e. The van der Waals surface area contributed by atoms with Crippen molar-refractivity contribution in [3.05, 3.63) is 94.3 Å². The van der Waals surface area contributed by atoms with E-state index in [1.165, 1.54) is 10.5 Å². The fraction of sp³-hybridized carbons (Fsp3) is 0.207. The van der Waals surface area contributed by atoms with Crippen molar-refractivity contribution in [1.29, 1.82) is 0 Å². The van der Waals surface area contributed by atoms with Crippen molar-refractivity contribution in [2.75, 3.05) is 16.8 Å². The molecule has 1 unspecified atom stereocenters. The fourth-order valence-corrected chi connectivity index (χ4v) is 5.15. The average molecular weight is 498 g/mol. The zero-order valence-electron chi connectivity index (χ0n) is 20.2. The molecule has 1 aromatic heterocycles. The molecule has 3 aromatic carbocycles. The number of amides is 2. The first-order valence-electron chi connectivity index (χ1n) is 12.0. The minimum Gasteiger partial charge on any atom is -0.479 e. The highest BCUT2D eigenvalue weighted by atomic mass is 32.1. The zero-order valence-corrected chi connectivity index (χ0v) is 21.0. The largest absolute Gasteiger partial charge is 0.479 e. The number of carbonyl (C=O) groups excluding carboxylic acids is 2. The Labute approximate surface area is 214 Å². The van der Waals surface area contributed by atoms with Crippen LogP contribution in [0.2, 0.25) is 0 Å². The van der Waals surface area contributed by atoms with Crippen LogP contribution in [0, 0.1) is 0 Å². The minimum atomic E-state index is -0.671. The van der Waals surface area contributed by atoms with Crippen LogP contribution < -0.4 is 15.0 Å². The van der Waals surface area contributed by atoms with Crippen LogP contribution >= 0.6 is 11.3 Å². The Morgan fingerprint density at radius 2 is 1.86 bits per heavy atom. The molecule has 0 aliphatic carbocycles. The Balaban J connectivity index is 1.39. The van der Waals surface area contributed by atoms with Crippen LogP contribution in [-0.4, -0.2) is 29.4 Å². The third-order valence-electron chi connectivity index (χ3n) is 6.19. The number of hydrogen-bond donors (Lipinski definition) is 1. The summed E-state index contributed by atoms with van der Waals surface area (Å²) in [5.74, 6) is 0.0717. The van der Waals surface area contributed by atoms with Gasteiger partial charge in [0.05, 0.1) is 16.4 Å².